The number of nitrogens with two attached hydrogens (primary N) is 2. The van der Waals surface area contributed by atoms with E-state index in [1.54, 1.807) is 0 Å². The van der Waals surface area contributed by atoms with Crippen LogP contribution in [0.3, 0.4) is 0 Å². The van der Waals surface area contributed by atoms with E-state index in [0.717, 1.165) is 32.1 Å². The molecule has 2 aliphatic rings. The molecular formula is C17H28N2O2. The van der Waals surface area contributed by atoms with Gasteiger partial charge < -0.3 is 21.3 Å². The fourth-order valence-corrected chi connectivity index (χ4v) is 2.91. The monoisotopic (exact) mass is 292 g/mol. The topological polar surface area (TPSA) is 81.5 Å². The van der Waals surface area contributed by atoms with Gasteiger partial charge in [-0.05, 0) is 44.1 Å². The normalized spacial score (nSPS) is 31.8. The molecule has 0 aliphatic heterocycles. The predicted molar refractivity (Wildman–Crippen MR) is 84.7 cm³/mol. The molecular weight excluding hydrogens is 264 g/mol. The number of aliphatic hydroxyl groups is 1. The molecule has 0 heterocycles. The summed E-state index contributed by atoms with van der Waals surface area (Å²) < 4.78 is 5.78. The largest absolute Gasteiger partial charge is 0.392 e. The van der Waals surface area contributed by atoms with Gasteiger partial charge in [0.05, 0.1) is 18.8 Å². The fourth-order valence-electron chi connectivity index (χ4n) is 2.91. The Bertz CT molecular complexity index is 391. The molecule has 4 nitrogen and oxygen atoms in total. The third-order valence-corrected chi connectivity index (χ3v) is 4.34. The second-order valence-corrected chi connectivity index (χ2v) is 6.09. The van der Waals surface area contributed by atoms with Gasteiger partial charge in [0.2, 0.25) is 0 Å². The predicted octanol–water partition coefficient (Wildman–Crippen LogP) is 1.94. The zero-order chi connectivity index (χ0) is 15.1. The first-order valence-electron chi connectivity index (χ1n) is 8.01. The van der Waals surface area contributed by atoms with Crippen LogP contribution in [0.25, 0.3) is 0 Å². The van der Waals surface area contributed by atoms with Gasteiger partial charge in [0.1, 0.15) is 0 Å². The first-order valence-corrected chi connectivity index (χ1v) is 8.01. The Kier molecular flexibility index (Phi) is 6.64. The van der Waals surface area contributed by atoms with Crippen LogP contribution in [0.2, 0.25) is 0 Å². The van der Waals surface area contributed by atoms with E-state index in [0.29, 0.717) is 6.61 Å². The number of aliphatic hydroxyl groups excluding tert-OH is 1. The van der Waals surface area contributed by atoms with E-state index in [1.807, 2.05) is 18.2 Å². The zero-order valence-corrected chi connectivity index (χ0v) is 12.7. The zero-order valence-electron chi connectivity index (χ0n) is 12.7. The SMILES string of the molecule is N[C@@H]1CCC[C@H]1O.N[C@@H]1CCC[C@H]1OCc1ccccc1. The Morgan fingerprint density at radius 2 is 1.62 bits per heavy atom. The molecule has 2 saturated carbocycles. The summed E-state index contributed by atoms with van der Waals surface area (Å²) in [4.78, 5) is 0. The summed E-state index contributed by atoms with van der Waals surface area (Å²) in [7, 11) is 0. The van der Waals surface area contributed by atoms with Crippen molar-refractivity contribution in [1.29, 1.82) is 0 Å². The van der Waals surface area contributed by atoms with Crippen LogP contribution in [0.4, 0.5) is 0 Å². The van der Waals surface area contributed by atoms with E-state index in [-0.39, 0.29) is 24.3 Å². The third kappa shape index (κ3) is 5.40. The molecule has 0 saturated heterocycles. The average Bonchev–Trinajstić information content (AvgIpc) is 3.08. The first-order chi connectivity index (χ1) is 10.2. The Balaban J connectivity index is 0.000000194. The number of ether oxygens (including phenoxy) is 1. The van der Waals surface area contributed by atoms with Crippen LogP contribution >= 0.6 is 0 Å². The van der Waals surface area contributed by atoms with Gasteiger partial charge in [-0.1, -0.05) is 30.3 Å². The lowest BCUT2D eigenvalue weighted by Crippen LogP contribution is -2.31. The standard InChI is InChI=1S/C12H17NO.C5H11NO/c13-11-7-4-8-12(11)14-9-10-5-2-1-3-6-10;6-4-2-1-3-5(4)7/h1-3,5-6,11-12H,4,7-9,13H2;4-5,7H,1-3,6H2/t11-,12-;4-,5-/m11/s1. The van der Waals surface area contributed by atoms with Crippen molar-refractivity contribution in [2.45, 2.75) is 69.4 Å². The number of hydrogen-bond acceptors (Lipinski definition) is 4. The first kappa shape index (κ1) is 16.4. The molecule has 21 heavy (non-hydrogen) atoms. The summed E-state index contributed by atoms with van der Waals surface area (Å²) in [6.07, 6.45) is 6.51. The average molecular weight is 292 g/mol. The van der Waals surface area contributed by atoms with Crippen LogP contribution in [-0.2, 0) is 11.3 Å². The highest BCUT2D eigenvalue weighted by Crippen LogP contribution is 2.21. The number of hydrogen-bond donors (Lipinski definition) is 3. The van der Waals surface area contributed by atoms with E-state index in [1.165, 1.54) is 12.0 Å². The summed E-state index contributed by atoms with van der Waals surface area (Å²) in [6.45, 7) is 0.694. The summed E-state index contributed by atoms with van der Waals surface area (Å²) in [5.41, 5.74) is 12.6. The van der Waals surface area contributed by atoms with Crippen LogP contribution in [0.1, 0.15) is 44.1 Å². The minimum absolute atomic E-state index is 0.0694. The fraction of sp³-hybridized carbons (Fsp3) is 0.647. The van der Waals surface area contributed by atoms with Crippen molar-refractivity contribution in [2.75, 3.05) is 0 Å². The van der Waals surface area contributed by atoms with Crippen LogP contribution in [0, 0.1) is 0 Å². The van der Waals surface area contributed by atoms with E-state index in [2.05, 4.69) is 12.1 Å². The van der Waals surface area contributed by atoms with Crippen molar-refractivity contribution in [3.63, 3.8) is 0 Å². The summed E-state index contributed by atoms with van der Waals surface area (Å²) in [5, 5.41) is 8.87. The second kappa shape index (κ2) is 8.49. The van der Waals surface area contributed by atoms with Crippen LogP contribution in [0.5, 0.6) is 0 Å². The Labute approximate surface area is 127 Å². The molecule has 1 aromatic carbocycles. The highest BCUT2D eigenvalue weighted by Gasteiger charge is 2.24. The minimum Gasteiger partial charge on any atom is -0.392 e. The Morgan fingerprint density at radius 3 is 2.10 bits per heavy atom. The van der Waals surface area contributed by atoms with Crippen molar-refractivity contribution in [1.82, 2.24) is 0 Å². The maximum atomic E-state index is 8.87. The molecule has 0 radical (unpaired) electrons. The van der Waals surface area contributed by atoms with Crippen molar-refractivity contribution >= 4 is 0 Å². The lowest BCUT2D eigenvalue weighted by atomic mass is 10.2. The lowest BCUT2D eigenvalue weighted by Gasteiger charge is -2.16. The molecule has 1 aromatic rings. The van der Waals surface area contributed by atoms with E-state index in [4.69, 9.17) is 21.3 Å². The molecule has 0 bridgehead atoms. The van der Waals surface area contributed by atoms with Crippen LogP contribution in [0.15, 0.2) is 30.3 Å². The molecule has 0 spiro atoms. The van der Waals surface area contributed by atoms with Gasteiger partial charge in [-0.25, -0.2) is 0 Å². The molecule has 0 amide bonds. The highest BCUT2D eigenvalue weighted by atomic mass is 16.5. The van der Waals surface area contributed by atoms with Crippen LogP contribution in [-0.4, -0.2) is 29.4 Å². The third-order valence-electron chi connectivity index (χ3n) is 4.34. The quantitative estimate of drug-likeness (QED) is 0.795. The maximum Gasteiger partial charge on any atom is 0.0730 e. The van der Waals surface area contributed by atoms with Crippen molar-refractivity contribution in [3.05, 3.63) is 35.9 Å². The minimum atomic E-state index is -0.208. The molecule has 3 rings (SSSR count). The van der Waals surface area contributed by atoms with E-state index < -0.39 is 0 Å². The van der Waals surface area contributed by atoms with Crippen molar-refractivity contribution in [3.8, 4) is 0 Å². The molecule has 4 atom stereocenters. The van der Waals surface area contributed by atoms with Gasteiger partial charge in [-0.15, -0.1) is 0 Å². The van der Waals surface area contributed by atoms with E-state index in [9.17, 15) is 0 Å². The van der Waals surface area contributed by atoms with Gasteiger partial charge in [0, 0.05) is 12.1 Å². The van der Waals surface area contributed by atoms with Gasteiger partial charge in [-0.2, -0.15) is 0 Å². The van der Waals surface area contributed by atoms with Crippen molar-refractivity contribution < 1.29 is 9.84 Å². The van der Waals surface area contributed by atoms with Gasteiger partial charge >= 0.3 is 0 Å². The number of benzene rings is 1. The van der Waals surface area contributed by atoms with Gasteiger partial charge in [0.15, 0.2) is 0 Å². The van der Waals surface area contributed by atoms with Gasteiger partial charge in [0.25, 0.3) is 0 Å². The Morgan fingerprint density at radius 1 is 0.952 bits per heavy atom. The van der Waals surface area contributed by atoms with E-state index >= 15 is 0 Å². The van der Waals surface area contributed by atoms with Crippen molar-refractivity contribution in [2.24, 2.45) is 11.5 Å². The number of rotatable bonds is 3. The summed E-state index contributed by atoms with van der Waals surface area (Å²) in [5.74, 6) is 0. The highest BCUT2D eigenvalue weighted by molar-refractivity contribution is 5.13. The molecule has 2 fully saturated rings. The summed E-state index contributed by atoms with van der Waals surface area (Å²) in [6, 6.07) is 10.6. The van der Waals surface area contributed by atoms with Gasteiger partial charge in [-0.3, -0.25) is 0 Å². The Hall–Kier alpha value is -0.940. The molecule has 0 unspecified atom stereocenters. The molecule has 0 aromatic heterocycles. The summed E-state index contributed by atoms with van der Waals surface area (Å²) >= 11 is 0. The van der Waals surface area contributed by atoms with Crippen LogP contribution < -0.4 is 11.5 Å². The smallest absolute Gasteiger partial charge is 0.0730 e. The molecule has 118 valence electrons. The maximum absolute atomic E-state index is 8.87. The molecule has 4 heteroatoms. The molecule has 2 aliphatic carbocycles. The lowest BCUT2D eigenvalue weighted by molar-refractivity contribution is 0.0357. The second-order valence-electron chi connectivity index (χ2n) is 6.09. The molecule has 5 N–H and O–H groups in total.